The predicted molar refractivity (Wildman–Crippen MR) is 53.4 cm³/mol. The van der Waals surface area contributed by atoms with E-state index in [1.165, 1.54) is 10.8 Å². The topological polar surface area (TPSA) is 58.0 Å². The number of nitrogens with zero attached hydrogens (tertiary/aromatic N) is 1. The van der Waals surface area contributed by atoms with Crippen molar-refractivity contribution in [3.63, 3.8) is 0 Å². The fraction of sp³-hybridized carbons (Fsp3) is 0.700. The number of hydrogen-bond acceptors (Lipinski definition) is 2. The van der Waals surface area contributed by atoms with Crippen molar-refractivity contribution in [3.05, 3.63) is 16.7 Å². The highest BCUT2D eigenvalue weighted by molar-refractivity contribution is 5.05. The minimum atomic E-state index is -0.193. The molecule has 0 spiro atoms. The Kier molecular flexibility index (Phi) is 2.35. The molecule has 0 aliphatic heterocycles. The summed E-state index contributed by atoms with van der Waals surface area (Å²) >= 11 is 0. The number of imidazole rings is 1. The van der Waals surface area contributed by atoms with E-state index in [0.717, 1.165) is 31.6 Å². The SMILES string of the molecule is CC1CCC(n2c(O)c[nH]c2=O)CC1. The summed E-state index contributed by atoms with van der Waals surface area (Å²) in [5, 5.41) is 9.48. The predicted octanol–water partition coefficient (Wildman–Crippen LogP) is 1.63. The highest BCUT2D eigenvalue weighted by atomic mass is 16.3. The van der Waals surface area contributed by atoms with Crippen LogP contribution in [0.3, 0.4) is 0 Å². The van der Waals surface area contributed by atoms with E-state index in [1.54, 1.807) is 0 Å². The smallest absolute Gasteiger partial charge is 0.328 e. The molecule has 1 aliphatic carbocycles. The molecule has 4 nitrogen and oxygen atoms in total. The van der Waals surface area contributed by atoms with Crippen LogP contribution in [0.5, 0.6) is 5.88 Å². The van der Waals surface area contributed by atoms with E-state index in [1.807, 2.05) is 0 Å². The maximum absolute atomic E-state index is 11.4. The molecule has 78 valence electrons. The summed E-state index contributed by atoms with van der Waals surface area (Å²) in [4.78, 5) is 13.9. The molecule has 1 heterocycles. The molecule has 0 atom stereocenters. The van der Waals surface area contributed by atoms with Crippen molar-refractivity contribution < 1.29 is 5.11 Å². The van der Waals surface area contributed by atoms with Crippen LogP contribution in [0.2, 0.25) is 0 Å². The number of nitrogens with one attached hydrogen (secondary N) is 1. The Labute approximate surface area is 82.6 Å². The summed E-state index contributed by atoms with van der Waals surface area (Å²) in [5.74, 6) is 0.817. The highest BCUT2D eigenvalue weighted by Gasteiger charge is 2.22. The zero-order chi connectivity index (χ0) is 10.1. The Morgan fingerprint density at radius 3 is 2.57 bits per heavy atom. The number of rotatable bonds is 1. The van der Waals surface area contributed by atoms with Crippen LogP contribution in [0.25, 0.3) is 0 Å². The summed E-state index contributed by atoms with van der Waals surface area (Å²) in [7, 11) is 0. The molecule has 0 saturated heterocycles. The van der Waals surface area contributed by atoms with Crippen LogP contribution in [-0.2, 0) is 0 Å². The van der Waals surface area contributed by atoms with E-state index < -0.39 is 0 Å². The molecule has 14 heavy (non-hydrogen) atoms. The second kappa shape index (κ2) is 3.52. The number of aromatic amines is 1. The first-order valence-electron chi connectivity index (χ1n) is 5.17. The van der Waals surface area contributed by atoms with Crippen molar-refractivity contribution in [2.75, 3.05) is 0 Å². The van der Waals surface area contributed by atoms with Gasteiger partial charge in [0.2, 0.25) is 5.88 Å². The van der Waals surface area contributed by atoms with Gasteiger partial charge in [0, 0.05) is 6.04 Å². The second-order valence-electron chi connectivity index (χ2n) is 4.24. The molecule has 0 radical (unpaired) electrons. The van der Waals surface area contributed by atoms with Gasteiger partial charge in [0.1, 0.15) is 0 Å². The summed E-state index contributed by atoms with van der Waals surface area (Å²) in [6.07, 6.45) is 5.63. The maximum Gasteiger partial charge on any atom is 0.328 e. The minimum absolute atomic E-state index is 0.0644. The van der Waals surface area contributed by atoms with Gasteiger partial charge in [-0.15, -0.1) is 0 Å². The molecule has 0 amide bonds. The van der Waals surface area contributed by atoms with Crippen LogP contribution < -0.4 is 5.69 Å². The lowest BCUT2D eigenvalue weighted by Crippen LogP contribution is -2.25. The monoisotopic (exact) mass is 196 g/mol. The van der Waals surface area contributed by atoms with Crippen LogP contribution >= 0.6 is 0 Å². The lowest BCUT2D eigenvalue weighted by molar-refractivity contribution is 0.265. The van der Waals surface area contributed by atoms with Crippen molar-refractivity contribution in [2.45, 2.75) is 38.6 Å². The van der Waals surface area contributed by atoms with E-state index >= 15 is 0 Å². The third kappa shape index (κ3) is 1.56. The molecule has 4 heteroatoms. The van der Waals surface area contributed by atoms with Crippen molar-refractivity contribution in [1.29, 1.82) is 0 Å². The molecule has 1 aliphatic rings. The standard InChI is InChI=1S/C10H16N2O2/c1-7-2-4-8(5-3-7)12-9(13)6-11-10(12)14/h6-8,13H,2-5H2,1H3,(H,11,14). The molecule has 0 unspecified atom stereocenters. The maximum atomic E-state index is 11.4. The summed E-state index contributed by atoms with van der Waals surface area (Å²) in [6, 6.07) is 0.185. The van der Waals surface area contributed by atoms with Crippen molar-refractivity contribution in [3.8, 4) is 5.88 Å². The van der Waals surface area contributed by atoms with Crippen LogP contribution in [0.4, 0.5) is 0 Å². The van der Waals surface area contributed by atoms with Crippen LogP contribution in [-0.4, -0.2) is 14.7 Å². The van der Waals surface area contributed by atoms with Crippen molar-refractivity contribution >= 4 is 0 Å². The molecule has 0 bridgehead atoms. The number of H-pyrrole nitrogens is 1. The van der Waals surface area contributed by atoms with Crippen LogP contribution in [0.15, 0.2) is 11.0 Å². The summed E-state index contributed by atoms with van der Waals surface area (Å²) < 4.78 is 1.48. The molecule has 0 aromatic carbocycles. The molecular weight excluding hydrogens is 180 g/mol. The Balaban J connectivity index is 2.20. The second-order valence-corrected chi connectivity index (χ2v) is 4.24. The van der Waals surface area contributed by atoms with Gasteiger partial charge in [-0.3, -0.25) is 4.57 Å². The molecule has 2 N–H and O–H groups in total. The Hall–Kier alpha value is -1.19. The van der Waals surface area contributed by atoms with Crippen LogP contribution in [0.1, 0.15) is 38.6 Å². The van der Waals surface area contributed by atoms with Gasteiger partial charge in [0.15, 0.2) is 0 Å². The third-order valence-corrected chi connectivity index (χ3v) is 3.14. The molecule has 1 saturated carbocycles. The first kappa shape index (κ1) is 9.37. The lowest BCUT2D eigenvalue weighted by atomic mass is 9.87. The molecular formula is C10H16N2O2. The molecule has 1 aromatic heterocycles. The fourth-order valence-corrected chi connectivity index (χ4v) is 2.22. The Morgan fingerprint density at radius 1 is 1.43 bits per heavy atom. The Morgan fingerprint density at radius 2 is 2.07 bits per heavy atom. The van der Waals surface area contributed by atoms with Gasteiger partial charge in [-0.2, -0.15) is 0 Å². The van der Waals surface area contributed by atoms with Gasteiger partial charge in [-0.1, -0.05) is 6.92 Å². The van der Waals surface area contributed by atoms with E-state index in [4.69, 9.17) is 0 Å². The minimum Gasteiger partial charge on any atom is -0.493 e. The first-order chi connectivity index (χ1) is 6.68. The molecule has 1 fully saturated rings. The fourth-order valence-electron chi connectivity index (χ4n) is 2.22. The van der Waals surface area contributed by atoms with Crippen molar-refractivity contribution in [1.82, 2.24) is 9.55 Å². The number of aromatic hydroxyl groups is 1. The van der Waals surface area contributed by atoms with Gasteiger partial charge in [-0.25, -0.2) is 4.79 Å². The van der Waals surface area contributed by atoms with Gasteiger partial charge in [0.05, 0.1) is 6.20 Å². The van der Waals surface area contributed by atoms with E-state index in [9.17, 15) is 9.90 Å². The normalized spacial score (nSPS) is 27.8. The van der Waals surface area contributed by atoms with Gasteiger partial charge < -0.3 is 10.1 Å². The zero-order valence-electron chi connectivity index (χ0n) is 8.36. The summed E-state index contributed by atoms with van der Waals surface area (Å²) in [5.41, 5.74) is -0.193. The lowest BCUT2D eigenvalue weighted by Gasteiger charge is -2.26. The van der Waals surface area contributed by atoms with E-state index in [0.29, 0.717) is 0 Å². The van der Waals surface area contributed by atoms with Crippen molar-refractivity contribution in [2.24, 2.45) is 5.92 Å². The number of hydrogen-bond donors (Lipinski definition) is 2. The van der Waals surface area contributed by atoms with Gasteiger partial charge >= 0.3 is 5.69 Å². The first-order valence-corrected chi connectivity index (χ1v) is 5.17. The molecule has 2 rings (SSSR count). The Bertz CT molecular complexity index is 358. The zero-order valence-corrected chi connectivity index (χ0v) is 8.36. The summed E-state index contributed by atoms with van der Waals surface area (Å²) in [6.45, 7) is 2.23. The average Bonchev–Trinajstić information content (AvgIpc) is 2.49. The number of aromatic nitrogens is 2. The quantitative estimate of drug-likeness (QED) is 0.717. The largest absolute Gasteiger partial charge is 0.493 e. The molecule has 1 aromatic rings. The third-order valence-electron chi connectivity index (χ3n) is 3.14. The van der Waals surface area contributed by atoms with Gasteiger partial charge in [0.25, 0.3) is 0 Å². The van der Waals surface area contributed by atoms with E-state index in [2.05, 4.69) is 11.9 Å². The van der Waals surface area contributed by atoms with Crippen LogP contribution in [0, 0.1) is 5.92 Å². The highest BCUT2D eigenvalue weighted by Crippen LogP contribution is 2.32. The average molecular weight is 196 g/mol. The van der Waals surface area contributed by atoms with E-state index in [-0.39, 0.29) is 17.6 Å². The van der Waals surface area contributed by atoms with Gasteiger partial charge in [-0.05, 0) is 31.6 Å².